The van der Waals surface area contributed by atoms with Crippen LogP contribution >= 0.6 is 11.6 Å². The summed E-state index contributed by atoms with van der Waals surface area (Å²) in [5.74, 6) is -0.159. The van der Waals surface area contributed by atoms with Gasteiger partial charge in [0.1, 0.15) is 5.54 Å². The van der Waals surface area contributed by atoms with E-state index < -0.39 is 5.54 Å². The zero-order valence-electron chi connectivity index (χ0n) is 11.4. The number of ether oxygens (including phenoxy) is 1. The van der Waals surface area contributed by atoms with Crippen molar-refractivity contribution in [1.29, 1.82) is 0 Å². The number of nitrogens with zero attached hydrogens (tertiary/aromatic N) is 2. The second kappa shape index (κ2) is 5.51. The third-order valence-corrected chi connectivity index (χ3v) is 4.40. The first-order chi connectivity index (χ1) is 8.97. The Morgan fingerprint density at radius 1 is 1.74 bits per heavy atom. The number of hydrogen-bond donors (Lipinski definition) is 1. The fraction of sp³-hybridized carbons (Fsp3) is 0.692. The average molecular weight is 286 g/mol. The van der Waals surface area contributed by atoms with Crippen LogP contribution in [0.1, 0.15) is 31.4 Å². The largest absolute Gasteiger partial charge is 0.468 e. The second-order valence-electron chi connectivity index (χ2n) is 5.24. The molecule has 1 aromatic heterocycles. The lowest BCUT2D eigenvalue weighted by molar-refractivity contribution is -0.148. The Hall–Kier alpha value is -1.07. The minimum atomic E-state index is -0.833. The molecule has 0 aromatic carbocycles. The fourth-order valence-corrected chi connectivity index (χ4v) is 3.01. The molecule has 19 heavy (non-hydrogen) atoms. The predicted octanol–water partition coefficient (Wildman–Crippen LogP) is 1.91. The van der Waals surface area contributed by atoms with Crippen LogP contribution in [0.25, 0.3) is 0 Å². The van der Waals surface area contributed by atoms with Crippen LogP contribution in [0.4, 0.5) is 0 Å². The maximum absolute atomic E-state index is 11.8. The Morgan fingerprint density at radius 2 is 2.47 bits per heavy atom. The van der Waals surface area contributed by atoms with Crippen molar-refractivity contribution in [1.82, 2.24) is 9.78 Å². The topological polar surface area (TPSA) is 70.1 Å². The second-order valence-corrected chi connectivity index (χ2v) is 5.64. The van der Waals surface area contributed by atoms with Gasteiger partial charge in [-0.1, -0.05) is 18.0 Å². The summed E-state index contributed by atoms with van der Waals surface area (Å²) in [4.78, 5) is 11.8. The first kappa shape index (κ1) is 14.3. The molecule has 2 N–H and O–H groups in total. The van der Waals surface area contributed by atoms with Crippen molar-refractivity contribution >= 4 is 17.6 Å². The predicted molar refractivity (Wildman–Crippen MR) is 72.9 cm³/mol. The van der Waals surface area contributed by atoms with Crippen LogP contribution in [-0.4, -0.2) is 28.4 Å². The summed E-state index contributed by atoms with van der Waals surface area (Å²) in [7, 11) is 1.39. The lowest BCUT2D eigenvalue weighted by Gasteiger charge is -2.28. The number of halogens is 1. The normalized spacial score (nSPS) is 26.6. The molecule has 1 aliphatic carbocycles. The number of rotatable bonds is 4. The van der Waals surface area contributed by atoms with E-state index in [0.29, 0.717) is 18.0 Å². The third kappa shape index (κ3) is 2.77. The number of carbonyl (C=O) groups is 1. The summed E-state index contributed by atoms with van der Waals surface area (Å²) in [6.07, 6.45) is 5.24. The molecule has 0 aliphatic heterocycles. The molecule has 2 atom stereocenters. The van der Waals surface area contributed by atoms with Crippen LogP contribution in [0.15, 0.2) is 6.20 Å². The molecule has 5 nitrogen and oxygen atoms in total. The van der Waals surface area contributed by atoms with Crippen molar-refractivity contribution in [3.63, 3.8) is 0 Å². The van der Waals surface area contributed by atoms with E-state index >= 15 is 0 Å². The maximum Gasteiger partial charge on any atom is 0.326 e. The molecular formula is C13H20ClN3O2. The van der Waals surface area contributed by atoms with Crippen LogP contribution in [0.5, 0.6) is 0 Å². The smallest absolute Gasteiger partial charge is 0.326 e. The number of nitrogens with two attached hydrogens (primary N) is 1. The van der Waals surface area contributed by atoms with E-state index in [9.17, 15) is 4.79 Å². The highest BCUT2D eigenvalue weighted by Gasteiger charge is 2.46. The van der Waals surface area contributed by atoms with Gasteiger partial charge >= 0.3 is 5.97 Å². The molecule has 0 bridgehead atoms. The molecule has 0 saturated heterocycles. The molecular weight excluding hydrogens is 266 g/mol. The van der Waals surface area contributed by atoms with Crippen LogP contribution in [0, 0.1) is 12.8 Å². The molecule has 1 aromatic rings. The highest BCUT2D eigenvalue weighted by Crippen LogP contribution is 2.37. The molecule has 1 fully saturated rings. The molecule has 1 saturated carbocycles. The molecule has 1 heterocycles. The number of aryl methyl sites for hydroxylation is 2. The van der Waals surface area contributed by atoms with Gasteiger partial charge in [0.25, 0.3) is 0 Å². The van der Waals surface area contributed by atoms with Gasteiger partial charge in [0.15, 0.2) is 0 Å². The standard InChI is InChI=1S/C13H20ClN3O2/c1-9-11(14)8-17(16-9)7-5-10-4-3-6-13(10,15)12(18)19-2/h8,10H,3-7,15H2,1-2H3. The lowest BCUT2D eigenvalue weighted by atomic mass is 9.85. The van der Waals surface area contributed by atoms with Crippen molar-refractivity contribution in [2.75, 3.05) is 7.11 Å². The molecule has 0 radical (unpaired) electrons. The van der Waals surface area contributed by atoms with Gasteiger partial charge in [0.2, 0.25) is 0 Å². The van der Waals surface area contributed by atoms with E-state index in [2.05, 4.69) is 5.10 Å². The highest BCUT2D eigenvalue weighted by atomic mass is 35.5. The average Bonchev–Trinajstić information content (AvgIpc) is 2.91. The Kier molecular flexibility index (Phi) is 4.16. The summed E-state index contributed by atoms with van der Waals surface area (Å²) < 4.78 is 6.65. The molecule has 2 unspecified atom stereocenters. The number of methoxy groups -OCH3 is 1. The molecule has 6 heteroatoms. The van der Waals surface area contributed by atoms with E-state index in [-0.39, 0.29) is 11.9 Å². The van der Waals surface area contributed by atoms with Crippen molar-refractivity contribution in [3.05, 3.63) is 16.9 Å². The van der Waals surface area contributed by atoms with Crippen LogP contribution in [-0.2, 0) is 16.1 Å². The van der Waals surface area contributed by atoms with Gasteiger partial charge in [0.05, 0.1) is 17.8 Å². The van der Waals surface area contributed by atoms with E-state index in [1.165, 1.54) is 7.11 Å². The summed E-state index contributed by atoms with van der Waals surface area (Å²) in [5, 5.41) is 4.98. The summed E-state index contributed by atoms with van der Waals surface area (Å²) in [6.45, 7) is 2.59. The van der Waals surface area contributed by atoms with Crippen molar-refractivity contribution in [3.8, 4) is 0 Å². The van der Waals surface area contributed by atoms with Gasteiger partial charge in [-0.25, -0.2) is 0 Å². The molecule has 0 amide bonds. The van der Waals surface area contributed by atoms with Crippen molar-refractivity contribution in [2.24, 2.45) is 11.7 Å². The van der Waals surface area contributed by atoms with Gasteiger partial charge in [-0.3, -0.25) is 9.48 Å². The zero-order valence-corrected chi connectivity index (χ0v) is 12.1. The molecule has 0 spiro atoms. The Bertz CT molecular complexity index is 455. The van der Waals surface area contributed by atoms with Crippen molar-refractivity contribution in [2.45, 2.75) is 44.7 Å². The first-order valence-electron chi connectivity index (χ1n) is 6.54. The molecule has 106 valence electrons. The van der Waals surface area contributed by atoms with Gasteiger partial charge in [-0.2, -0.15) is 5.10 Å². The summed E-state index contributed by atoms with van der Waals surface area (Å²) in [6, 6.07) is 0. The monoisotopic (exact) mass is 285 g/mol. The first-order valence-corrected chi connectivity index (χ1v) is 6.92. The molecule has 2 rings (SSSR count). The SMILES string of the molecule is COC(=O)C1(N)CCCC1CCn1cc(Cl)c(C)n1. The van der Waals surface area contributed by atoms with Crippen LogP contribution in [0.3, 0.4) is 0 Å². The van der Waals surface area contributed by atoms with Gasteiger partial charge in [-0.05, 0) is 32.1 Å². The fourth-order valence-electron chi connectivity index (χ4n) is 2.86. The highest BCUT2D eigenvalue weighted by molar-refractivity contribution is 6.31. The number of aromatic nitrogens is 2. The third-order valence-electron chi connectivity index (χ3n) is 4.03. The van der Waals surface area contributed by atoms with E-state index in [1.54, 1.807) is 0 Å². The van der Waals surface area contributed by atoms with E-state index in [0.717, 1.165) is 25.0 Å². The van der Waals surface area contributed by atoms with Gasteiger partial charge in [0, 0.05) is 12.7 Å². The van der Waals surface area contributed by atoms with Crippen LogP contribution in [0.2, 0.25) is 5.02 Å². The molecule has 1 aliphatic rings. The Morgan fingerprint density at radius 3 is 3.05 bits per heavy atom. The quantitative estimate of drug-likeness (QED) is 0.858. The number of hydrogen-bond acceptors (Lipinski definition) is 4. The number of esters is 1. The minimum absolute atomic E-state index is 0.142. The van der Waals surface area contributed by atoms with Crippen molar-refractivity contribution < 1.29 is 9.53 Å². The van der Waals surface area contributed by atoms with Crippen LogP contribution < -0.4 is 5.73 Å². The van der Waals surface area contributed by atoms with E-state index in [4.69, 9.17) is 22.1 Å². The van der Waals surface area contributed by atoms with Gasteiger partial charge in [-0.15, -0.1) is 0 Å². The maximum atomic E-state index is 11.8. The van der Waals surface area contributed by atoms with E-state index in [1.807, 2.05) is 17.8 Å². The zero-order chi connectivity index (χ0) is 14.0. The summed E-state index contributed by atoms with van der Waals surface area (Å²) in [5.41, 5.74) is 6.21. The number of carbonyl (C=O) groups excluding carboxylic acids is 1. The van der Waals surface area contributed by atoms with Gasteiger partial charge < -0.3 is 10.5 Å². The summed E-state index contributed by atoms with van der Waals surface area (Å²) >= 11 is 5.97. The Balaban J connectivity index is 2.00. The Labute approximate surface area is 118 Å². The lowest BCUT2D eigenvalue weighted by Crippen LogP contribution is -2.51. The minimum Gasteiger partial charge on any atom is -0.468 e.